The van der Waals surface area contributed by atoms with Crippen LogP contribution >= 0.6 is 69.2 Å². The first-order valence-electron chi connectivity index (χ1n) is 42.8. The average Bonchev–Trinajstić information content (AvgIpc) is 0.867. The van der Waals surface area contributed by atoms with Crippen molar-refractivity contribution in [1.82, 2.24) is 55.8 Å². The summed E-state index contributed by atoms with van der Waals surface area (Å²) in [5.41, 5.74) is 47.1. The number of hydrogen-bond acceptors (Lipinski definition) is 28. The number of ether oxygens (including phenoxy) is 1. The van der Waals surface area contributed by atoms with Crippen molar-refractivity contribution in [1.29, 1.82) is 0 Å². The van der Waals surface area contributed by atoms with E-state index in [-0.39, 0.29) is 50.4 Å². The number of rotatable bonds is 50. The second kappa shape index (κ2) is 71.1. The monoisotopic (exact) mass is 2150 g/mol. The fourth-order valence-corrected chi connectivity index (χ4v) is 47.1. The van der Waals surface area contributed by atoms with Crippen molar-refractivity contribution in [2.24, 2.45) is 31.9 Å². The molecule has 57 heteroatoms. The molecule has 0 atom stereocenters. The SMILES string of the molecule is CC(=O)CCCC[Si](C)(C)O[Si](C)(C)CSc1ncc(CN=[N+]=[N-])cn1.CC(=O)NCCC[Si](C)(C)O[Si](C)(C)CCCNC(=O)C(F)(F)F.CCOC(C)=O.C[SiH](C)CSc1ncc(CN=[N+]=[N-])cn1.C[Si](C)(CCCN)O[Si](C)(C)CCCN.C[Si](C)(Cl)CCCNC(=O)C(F)(F)F.C[Si](C)(Cl)CSc1ncc(CN=[N+]=[N-])cn1.C[Si](C)(O)CSc1ncc(CN=[N+]=[N-])cn1. The number of nitrogens with two attached hydrogens (primary N) is 2. The van der Waals surface area contributed by atoms with E-state index in [1.165, 1.54) is 37.7 Å². The third-order valence-corrected chi connectivity index (χ3v) is 55.5. The molecule has 4 aromatic heterocycles. The van der Waals surface area contributed by atoms with Gasteiger partial charge < -0.3 is 54.1 Å². The first-order valence-corrected chi connectivity index (χ1v) is 80.2. The summed E-state index contributed by atoms with van der Waals surface area (Å²) in [5.74, 6) is -3.77. The molecular formula is C75H145Cl2F6N25O10S4Si10. The highest BCUT2D eigenvalue weighted by Gasteiger charge is 2.40. The molecule has 750 valence electrons. The number of carbonyl (C=O) groups excluding carboxylic acids is 5. The Morgan fingerprint density at radius 1 is 0.439 bits per heavy atom. The minimum atomic E-state index is -4.83. The standard InChI is InChI=1S/C16H29N5O2SSi2.C14H29F3N2O3Si2.C10H28N2OSi2.C8H12ClN5SSi.C8H13N5OSSi.C8H13N5SSi.C7H13ClF3NOSi.C4H8O2/c1-14(22)8-6-7-9-25(2,3)23-26(4,5)13-24-16-18-10-15(11-19-16)12-20-21-17;1-12(20)18-8-6-10-23(2,3)22-24(4,5)11-7-9-19-13(21)14(15,16)17;1-14(2,9-5-7-11)13-15(3,4)10-6-8-12;1-16(2,9)6-15-8-11-3-7(4-12-8)5-13-14-10;1-16(2,14)6-15-8-10-3-7(4-11-8)5-12-13-9;1-15(2)6-14-8-10-3-7(4-11-8)5-12-13-9;1-14(2,8)5-3-4-12-6(13)7(9,10)11;1-3-6-4(2)5/h10-11H,6-9,12-13H2,1-5H3;6-11H2,1-5H3,(H,18,20)(H,19,21);5-12H2,1-4H3;3-4H,5-6H2,1-2H3;3-4,14H,5-6H2,1-2H3;3-4,15H,5-6H2,1-2H3;3-5H2,1-2H3,(H,12,13);3H2,1-2H3. The van der Waals surface area contributed by atoms with Gasteiger partial charge in [0, 0.05) is 134 Å². The third-order valence-electron chi connectivity index (χ3n) is 16.0. The summed E-state index contributed by atoms with van der Waals surface area (Å²) in [6.45, 7) is 53.0. The Bertz CT molecular complexity index is 4010. The lowest BCUT2D eigenvalue weighted by Gasteiger charge is -2.34. The lowest BCUT2D eigenvalue weighted by Crippen LogP contribution is -2.46. The van der Waals surface area contributed by atoms with Gasteiger partial charge >= 0.3 is 30.1 Å². The molecular weight excluding hydrogens is 2010 g/mol. The molecule has 0 spiro atoms. The van der Waals surface area contributed by atoms with Crippen molar-refractivity contribution < 1.29 is 72.2 Å². The van der Waals surface area contributed by atoms with Gasteiger partial charge in [0.1, 0.15) is 5.78 Å². The summed E-state index contributed by atoms with van der Waals surface area (Å²) in [5, 5.41) is 26.7. The second-order valence-corrected chi connectivity index (χ2v) is 89.1. The normalized spacial score (nSPS) is 11.7. The Kier molecular flexibility index (Phi) is 71.6. The number of Topliss-reactive ketones (excluding diaryl/α,β-unsaturated/α-hetero) is 1. The van der Waals surface area contributed by atoms with Crippen molar-refractivity contribution in [2.75, 3.05) is 60.8 Å². The van der Waals surface area contributed by atoms with Gasteiger partial charge in [-0.25, -0.2) is 39.9 Å². The predicted octanol–water partition coefficient (Wildman–Crippen LogP) is 21.2. The Morgan fingerprint density at radius 3 is 0.985 bits per heavy atom. The molecule has 4 aromatic rings. The van der Waals surface area contributed by atoms with Gasteiger partial charge in [0.15, 0.2) is 93.6 Å². The van der Waals surface area contributed by atoms with Gasteiger partial charge in [0.2, 0.25) is 5.91 Å². The number of aromatic nitrogens is 8. The molecule has 3 amide bonds. The van der Waals surface area contributed by atoms with E-state index in [9.17, 15) is 55.1 Å². The number of azide groups is 4. The van der Waals surface area contributed by atoms with Gasteiger partial charge in [-0.3, -0.25) is 19.2 Å². The summed E-state index contributed by atoms with van der Waals surface area (Å²) in [4.78, 5) is 107. The van der Waals surface area contributed by atoms with Gasteiger partial charge in [-0.1, -0.05) is 113 Å². The number of alkyl halides is 6. The molecule has 0 unspecified atom stereocenters. The number of unbranched alkanes of at least 4 members (excludes halogenated alkanes) is 1. The van der Waals surface area contributed by atoms with Crippen LogP contribution in [0.2, 0.25) is 167 Å². The third kappa shape index (κ3) is 86.2. The maximum Gasteiger partial charge on any atom is 0.471 e. The molecule has 0 bridgehead atoms. The van der Waals surface area contributed by atoms with E-state index < -0.39 is 106 Å². The first kappa shape index (κ1) is 133. The molecule has 0 aromatic carbocycles. The number of ketones is 1. The molecule has 0 saturated heterocycles. The van der Waals surface area contributed by atoms with Crippen molar-refractivity contribution >= 4 is 180 Å². The molecule has 0 aliphatic heterocycles. The maximum atomic E-state index is 12.1. The van der Waals surface area contributed by atoms with Gasteiger partial charge in [0.05, 0.1) is 32.8 Å². The van der Waals surface area contributed by atoms with E-state index in [0.29, 0.717) is 66.7 Å². The van der Waals surface area contributed by atoms with Crippen LogP contribution < -0.4 is 27.4 Å². The summed E-state index contributed by atoms with van der Waals surface area (Å²) in [6.07, 6.45) is 10.5. The van der Waals surface area contributed by atoms with Crippen LogP contribution in [0, 0.1) is 0 Å². The van der Waals surface area contributed by atoms with Crippen LogP contribution in [0.4, 0.5) is 26.3 Å². The summed E-state index contributed by atoms with van der Waals surface area (Å²) in [7, 11) is -16.3. The Hall–Kier alpha value is -5.40. The average molecular weight is 2150 g/mol. The van der Waals surface area contributed by atoms with E-state index in [4.69, 9.17) is 68.1 Å². The van der Waals surface area contributed by atoms with Crippen molar-refractivity contribution in [3.63, 3.8) is 0 Å². The minimum absolute atomic E-state index is 0.00263. The minimum Gasteiger partial charge on any atom is -0.466 e. The fourth-order valence-electron chi connectivity index (χ4n) is 10.5. The zero-order valence-corrected chi connectivity index (χ0v) is 96.3. The van der Waals surface area contributed by atoms with Crippen LogP contribution in [0.15, 0.2) is 90.7 Å². The molecule has 35 nitrogen and oxygen atoms in total. The molecule has 132 heavy (non-hydrogen) atoms. The van der Waals surface area contributed by atoms with Crippen LogP contribution in [-0.4, -0.2) is 229 Å². The number of esters is 1. The predicted molar refractivity (Wildman–Crippen MR) is 550 cm³/mol. The number of amides is 3. The lowest BCUT2D eigenvalue weighted by molar-refractivity contribution is -0.173. The fraction of sp³-hybridized carbons (Fsp3) is 0.720. The van der Waals surface area contributed by atoms with Gasteiger partial charge in [-0.15, -0.1) is 0 Å². The largest absolute Gasteiger partial charge is 0.471 e. The van der Waals surface area contributed by atoms with E-state index in [1.54, 1.807) is 104 Å². The highest BCUT2D eigenvalue weighted by molar-refractivity contribution is 8.01. The van der Waals surface area contributed by atoms with Crippen LogP contribution in [-0.2, 0) is 67.2 Å². The van der Waals surface area contributed by atoms with Crippen LogP contribution in [0.25, 0.3) is 41.8 Å². The molecule has 0 fully saturated rings. The number of halogens is 8. The van der Waals surface area contributed by atoms with E-state index in [1.807, 2.05) is 44.6 Å². The number of thioether (sulfide) groups is 4. The summed E-state index contributed by atoms with van der Waals surface area (Å²) < 4.78 is 95.0. The van der Waals surface area contributed by atoms with E-state index in [2.05, 4.69) is 182 Å². The molecule has 0 saturated carbocycles. The summed E-state index contributed by atoms with van der Waals surface area (Å²) in [6, 6.07) is 5.74. The second-order valence-electron chi connectivity index (χ2n) is 35.7. The van der Waals surface area contributed by atoms with E-state index >= 15 is 0 Å². The van der Waals surface area contributed by atoms with Gasteiger partial charge in [-0.2, -0.15) is 48.5 Å². The van der Waals surface area contributed by atoms with Gasteiger partial charge in [-0.05, 0) is 243 Å². The maximum absolute atomic E-state index is 12.1. The highest BCUT2D eigenvalue weighted by atomic mass is 35.6. The zero-order valence-electron chi connectivity index (χ0n) is 81.4. The number of nitrogens with zero attached hydrogens (tertiary/aromatic N) is 20. The molecule has 0 aliphatic rings. The Balaban J connectivity index is -0.000000724. The molecule has 0 aliphatic carbocycles. The molecule has 4 heterocycles. The van der Waals surface area contributed by atoms with Crippen molar-refractivity contribution in [2.45, 2.75) is 305 Å². The van der Waals surface area contributed by atoms with Crippen molar-refractivity contribution in [3.8, 4) is 0 Å². The number of hydrogen-bond donors (Lipinski definition) is 6. The molecule has 4 rings (SSSR count). The Morgan fingerprint density at radius 2 is 0.727 bits per heavy atom. The van der Waals surface area contributed by atoms with Crippen LogP contribution in [0.1, 0.15) is 101 Å². The van der Waals surface area contributed by atoms with Crippen LogP contribution in [0.3, 0.4) is 0 Å². The van der Waals surface area contributed by atoms with Gasteiger partial charge in [0.25, 0.3) is 0 Å². The number of nitrogens with one attached hydrogen (secondary N) is 3. The Labute approximate surface area is 814 Å². The molecule has 8 N–H and O–H groups in total. The smallest absolute Gasteiger partial charge is 0.466 e. The first-order chi connectivity index (χ1) is 60.9. The highest BCUT2D eigenvalue weighted by Crippen LogP contribution is 2.30. The number of carbonyl (C=O) groups is 5. The molecule has 0 radical (unpaired) electrons. The zero-order chi connectivity index (χ0) is 102. The van der Waals surface area contributed by atoms with Crippen LogP contribution in [0.5, 0.6) is 0 Å². The van der Waals surface area contributed by atoms with Crippen molar-refractivity contribution in [3.05, 3.63) is 114 Å². The lowest BCUT2D eigenvalue weighted by atomic mass is 10.2. The van der Waals surface area contributed by atoms with E-state index in [0.717, 1.165) is 106 Å². The quantitative estimate of drug-likeness (QED) is 0.00228. The summed E-state index contributed by atoms with van der Waals surface area (Å²) >= 11 is 18.5. The topological polar surface area (TPSA) is 529 Å².